The smallest absolute Gasteiger partial charge is 0.236 e. The molecule has 1 aromatic heterocycles. The molecule has 27 heavy (non-hydrogen) atoms. The number of hydrogen-bond acceptors (Lipinski definition) is 4. The first kappa shape index (κ1) is 17.5. The largest absolute Gasteiger partial charge is 0.457 e. The molecule has 4 rings (SSSR count). The van der Waals surface area contributed by atoms with E-state index in [1.807, 2.05) is 18.2 Å². The first-order valence-electron chi connectivity index (χ1n) is 8.52. The molecule has 3 aromatic rings. The van der Waals surface area contributed by atoms with Crippen LogP contribution >= 0.6 is 0 Å². The fourth-order valence-corrected chi connectivity index (χ4v) is 3.92. The van der Waals surface area contributed by atoms with E-state index in [1.54, 1.807) is 36.4 Å². The van der Waals surface area contributed by atoms with E-state index < -0.39 is 10.0 Å². The molecule has 1 heterocycles. The van der Waals surface area contributed by atoms with Gasteiger partial charge < -0.3 is 4.74 Å². The van der Waals surface area contributed by atoms with Crippen molar-refractivity contribution in [3.63, 3.8) is 0 Å². The van der Waals surface area contributed by atoms with Crippen LogP contribution in [0.2, 0.25) is 0 Å². The van der Waals surface area contributed by atoms with E-state index in [1.165, 1.54) is 12.1 Å². The molecule has 1 N–H and O–H groups in total. The van der Waals surface area contributed by atoms with Crippen LogP contribution in [0.25, 0.3) is 11.3 Å². The van der Waals surface area contributed by atoms with E-state index in [0.717, 1.165) is 5.56 Å². The van der Waals surface area contributed by atoms with Gasteiger partial charge in [0, 0.05) is 5.56 Å². The van der Waals surface area contributed by atoms with Crippen molar-refractivity contribution >= 4 is 15.8 Å². The molecule has 2 aromatic carbocycles. The normalized spacial score (nSPS) is 14.0. The van der Waals surface area contributed by atoms with Crippen LogP contribution in [0.1, 0.15) is 12.8 Å². The van der Waals surface area contributed by atoms with Crippen molar-refractivity contribution in [1.29, 1.82) is 0 Å². The minimum Gasteiger partial charge on any atom is -0.457 e. The lowest BCUT2D eigenvalue weighted by molar-refractivity contribution is 0.480. The number of hydrogen-bond donors (Lipinski definition) is 1. The summed E-state index contributed by atoms with van der Waals surface area (Å²) in [6, 6.07) is 18.2. The van der Waals surface area contributed by atoms with Crippen molar-refractivity contribution in [2.45, 2.75) is 18.1 Å². The van der Waals surface area contributed by atoms with Crippen LogP contribution < -0.4 is 9.46 Å². The van der Waals surface area contributed by atoms with Gasteiger partial charge in [0.15, 0.2) is 0 Å². The fraction of sp³-hybridized carbons (Fsp3) is 0.150. The number of ether oxygens (including phenoxy) is 1. The predicted octanol–water partition coefficient (Wildman–Crippen LogP) is 4.58. The number of nitrogens with zero attached hydrogens (tertiary/aromatic N) is 1. The van der Waals surface area contributed by atoms with Crippen molar-refractivity contribution in [2.24, 2.45) is 0 Å². The molecule has 0 saturated heterocycles. The van der Waals surface area contributed by atoms with Gasteiger partial charge in [-0.05, 0) is 73.5 Å². The highest BCUT2D eigenvalue weighted by Crippen LogP contribution is 2.30. The maximum Gasteiger partial charge on any atom is 0.236 e. The Bertz CT molecular complexity index is 1050. The van der Waals surface area contributed by atoms with Gasteiger partial charge in [-0.2, -0.15) is 0 Å². The summed E-state index contributed by atoms with van der Waals surface area (Å²) in [6.45, 7) is 0. The molecule has 0 aliphatic heterocycles. The highest BCUT2D eigenvalue weighted by molar-refractivity contribution is 7.93. The topological polar surface area (TPSA) is 68.3 Å². The SMILES string of the molecule is O=S(=O)(Nc1cccc(-c2ccc(Oc3ccc(F)cc3)cc2)n1)C1CC1. The first-order chi connectivity index (χ1) is 13.0. The van der Waals surface area contributed by atoms with E-state index in [-0.39, 0.29) is 11.1 Å². The second kappa shape index (κ2) is 7.00. The van der Waals surface area contributed by atoms with Gasteiger partial charge in [0.1, 0.15) is 23.1 Å². The molecule has 1 aliphatic carbocycles. The molecular weight excluding hydrogens is 367 g/mol. The van der Waals surface area contributed by atoms with Crippen molar-refractivity contribution in [2.75, 3.05) is 4.72 Å². The van der Waals surface area contributed by atoms with Crippen molar-refractivity contribution < 1.29 is 17.5 Å². The van der Waals surface area contributed by atoms with Crippen molar-refractivity contribution in [1.82, 2.24) is 4.98 Å². The van der Waals surface area contributed by atoms with E-state index in [9.17, 15) is 12.8 Å². The van der Waals surface area contributed by atoms with Crippen LogP contribution in [0.15, 0.2) is 66.7 Å². The number of rotatable bonds is 6. The quantitative estimate of drug-likeness (QED) is 0.675. The molecule has 0 spiro atoms. The van der Waals surface area contributed by atoms with E-state index in [2.05, 4.69) is 9.71 Å². The number of benzene rings is 2. The minimum atomic E-state index is -3.34. The molecule has 0 atom stereocenters. The number of aromatic nitrogens is 1. The summed E-state index contributed by atoms with van der Waals surface area (Å²) >= 11 is 0. The Morgan fingerprint density at radius 2 is 1.56 bits per heavy atom. The second-order valence-corrected chi connectivity index (χ2v) is 8.30. The zero-order valence-electron chi connectivity index (χ0n) is 14.3. The molecule has 1 saturated carbocycles. The monoisotopic (exact) mass is 384 g/mol. The number of nitrogens with one attached hydrogen (secondary N) is 1. The summed E-state index contributed by atoms with van der Waals surface area (Å²) in [5.41, 5.74) is 1.48. The van der Waals surface area contributed by atoms with Crippen molar-refractivity contribution in [3.8, 4) is 22.8 Å². The molecule has 5 nitrogen and oxygen atoms in total. The average Bonchev–Trinajstić information content (AvgIpc) is 3.50. The van der Waals surface area contributed by atoms with Gasteiger partial charge in [-0.25, -0.2) is 17.8 Å². The molecular formula is C20H17FN2O3S. The maximum absolute atomic E-state index is 12.9. The molecule has 0 amide bonds. The van der Waals surface area contributed by atoms with Gasteiger partial charge in [0.2, 0.25) is 10.0 Å². The van der Waals surface area contributed by atoms with Crippen LogP contribution in [-0.4, -0.2) is 18.7 Å². The Morgan fingerprint density at radius 1 is 0.926 bits per heavy atom. The average molecular weight is 384 g/mol. The Balaban J connectivity index is 1.50. The first-order valence-corrected chi connectivity index (χ1v) is 10.1. The van der Waals surface area contributed by atoms with Gasteiger partial charge in [0.05, 0.1) is 10.9 Å². The molecule has 1 fully saturated rings. The van der Waals surface area contributed by atoms with Crippen LogP contribution in [0, 0.1) is 5.82 Å². The van der Waals surface area contributed by atoms with Crippen LogP contribution in [0.3, 0.4) is 0 Å². The summed E-state index contributed by atoms with van der Waals surface area (Å²) in [5, 5.41) is -0.300. The van der Waals surface area contributed by atoms with Gasteiger partial charge in [-0.3, -0.25) is 4.72 Å². The van der Waals surface area contributed by atoms with E-state index >= 15 is 0 Å². The highest BCUT2D eigenvalue weighted by Gasteiger charge is 2.35. The number of pyridine rings is 1. The summed E-state index contributed by atoms with van der Waals surface area (Å²) in [4.78, 5) is 4.39. The van der Waals surface area contributed by atoms with Gasteiger partial charge >= 0.3 is 0 Å². The van der Waals surface area contributed by atoms with Gasteiger partial charge in [-0.1, -0.05) is 6.07 Å². The highest BCUT2D eigenvalue weighted by atomic mass is 32.2. The van der Waals surface area contributed by atoms with E-state index in [0.29, 0.717) is 35.9 Å². The number of sulfonamides is 1. The zero-order valence-corrected chi connectivity index (χ0v) is 15.1. The van der Waals surface area contributed by atoms with Crippen LogP contribution in [-0.2, 0) is 10.0 Å². The lowest BCUT2D eigenvalue weighted by Crippen LogP contribution is -2.18. The molecule has 1 aliphatic rings. The third-order valence-corrected chi connectivity index (χ3v) is 6.00. The third-order valence-electron chi connectivity index (χ3n) is 4.16. The zero-order chi connectivity index (χ0) is 18.9. The summed E-state index contributed by atoms with van der Waals surface area (Å²) in [6.07, 6.45) is 1.40. The maximum atomic E-state index is 12.9. The van der Waals surface area contributed by atoms with Gasteiger partial charge in [0.25, 0.3) is 0 Å². The standard InChI is InChI=1S/C20H17FN2O3S/c21-15-6-10-17(11-7-15)26-16-8-4-14(5-9-16)19-2-1-3-20(22-19)23-27(24,25)18-12-13-18/h1-11,18H,12-13H2,(H,22,23). The third kappa shape index (κ3) is 4.25. The summed E-state index contributed by atoms with van der Waals surface area (Å²) in [5.74, 6) is 1.14. The lowest BCUT2D eigenvalue weighted by atomic mass is 10.1. The van der Waals surface area contributed by atoms with Crippen LogP contribution in [0.4, 0.5) is 10.2 Å². The fourth-order valence-electron chi connectivity index (χ4n) is 2.59. The molecule has 0 bridgehead atoms. The predicted molar refractivity (Wildman–Crippen MR) is 102 cm³/mol. The summed E-state index contributed by atoms with van der Waals surface area (Å²) < 4.78 is 45.3. The van der Waals surface area contributed by atoms with Gasteiger partial charge in [-0.15, -0.1) is 0 Å². The van der Waals surface area contributed by atoms with E-state index in [4.69, 9.17) is 4.74 Å². The molecule has 0 radical (unpaired) electrons. The minimum absolute atomic E-state index is 0.300. The summed E-state index contributed by atoms with van der Waals surface area (Å²) in [7, 11) is -3.34. The van der Waals surface area contributed by atoms with Crippen LogP contribution in [0.5, 0.6) is 11.5 Å². The molecule has 138 valence electrons. The second-order valence-electron chi connectivity index (χ2n) is 6.33. The Hall–Kier alpha value is -2.93. The molecule has 0 unspecified atom stereocenters. The number of halogens is 1. The lowest BCUT2D eigenvalue weighted by Gasteiger charge is -2.09. The Kier molecular flexibility index (Phi) is 4.53. The number of anilines is 1. The Morgan fingerprint density at radius 3 is 2.19 bits per heavy atom. The van der Waals surface area contributed by atoms with Crippen molar-refractivity contribution in [3.05, 3.63) is 72.5 Å². The molecule has 7 heteroatoms. The Labute approximate surface area is 156 Å².